The number of nitrogens with one attached hydrogen (secondary N) is 1. The summed E-state index contributed by atoms with van der Waals surface area (Å²) in [4.78, 5) is 18.4. The van der Waals surface area contributed by atoms with Crippen LogP contribution >= 0.6 is 0 Å². The Morgan fingerprint density at radius 2 is 2.13 bits per heavy atom. The van der Waals surface area contributed by atoms with Crippen molar-refractivity contribution in [3.8, 4) is 0 Å². The summed E-state index contributed by atoms with van der Waals surface area (Å²) in [6.07, 6.45) is 8.75. The first kappa shape index (κ1) is 20.2. The molecule has 6 heteroatoms. The Labute approximate surface area is 176 Å². The maximum atomic E-state index is 11.9. The van der Waals surface area contributed by atoms with Crippen molar-refractivity contribution < 1.29 is 14.6 Å². The third-order valence-electron chi connectivity index (χ3n) is 5.57. The van der Waals surface area contributed by atoms with E-state index in [-0.39, 0.29) is 5.56 Å². The zero-order chi connectivity index (χ0) is 21.3. The van der Waals surface area contributed by atoms with Crippen molar-refractivity contribution in [2.24, 2.45) is 0 Å². The second-order valence-corrected chi connectivity index (χ2v) is 7.98. The smallest absolute Gasteiger partial charge is 0.339 e. The molecular formula is C24H27N3O3. The molecule has 4 rings (SSSR count). The highest BCUT2D eigenvalue weighted by molar-refractivity contribution is 5.95. The number of aromatic carboxylic acids is 1. The van der Waals surface area contributed by atoms with E-state index in [9.17, 15) is 9.90 Å². The number of ether oxygens (including phenoxy) is 1. The average molecular weight is 405 g/mol. The van der Waals surface area contributed by atoms with Gasteiger partial charge in [0.25, 0.3) is 0 Å². The van der Waals surface area contributed by atoms with Crippen molar-refractivity contribution in [3.05, 3.63) is 59.3 Å². The molecular weight excluding hydrogens is 378 g/mol. The van der Waals surface area contributed by atoms with Crippen LogP contribution in [0, 0.1) is 0 Å². The van der Waals surface area contributed by atoms with Gasteiger partial charge in [-0.1, -0.05) is 18.7 Å². The van der Waals surface area contributed by atoms with Crippen molar-refractivity contribution in [1.82, 2.24) is 4.98 Å². The van der Waals surface area contributed by atoms with Crippen LogP contribution in [-0.2, 0) is 4.74 Å². The molecule has 0 saturated heterocycles. The van der Waals surface area contributed by atoms with Gasteiger partial charge in [-0.15, -0.1) is 0 Å². The van der Waals surface area contributed by atoms with Gasteiger partial charge in [-0.05, 0) is 60.1 Å². The van der Waals surface area contributed by atoms with E-state index in [0.29, 0.717) is 24.9 Å². The number of carbonyl (C=O) groups is 1. The SMILES string of the molecule is C=Cc1cc(Nc2ncc(C3CC3)cc2C(=O)O)cc(C2=CCOCC2)c1N(C)C. The molecule has 1 saturated carbocycles. The molecule has 0 amide bonds. The molecule has 6 nitrogen and oxygen atoms in total. The third kappa shape index (κ3) is 4.09. The molecule has 0 spiro atoms. The molecule has 30 heavy (non-hydrogen) atoms. The summed E-state index contributed by atoms with van der Waals surface area (Å²) in [5, 5.41) is 13.0. The van der Waals surface area contributed by atoms with Crippen LogP contribution < -0.4 is 10.2 Å². The fourth-order valence-electron chi connectivity index (χ4n) is 3.92. The van der Waals surface area contributed by atoms with E-state index in [1.165, 1.54) is 5.57 Å². The molecule has 1 aliphatic carbocycles. The zero-order valence-corrected chi connectivity index (χ0v) is 17.4. The summed E-state index contributed by atoms with van der Waals surface area (Å²) in [7, 11) is 4.03. The van der Waals surface area contributed by atoms with Crippen molar-refractivity contribution in [3.63, 3.8) is 0 Å². The number of benzene rings is 1. The molecule has 1 aromatic heterocycles. The highest BCUT2D eigenvalue weighted by atomic mass is 16.5. The summed E-state index contributed by atoms with van der Waals surface area (Å²) in [5.74, 6) is -0.177. The molecule has 2 heterocycles. The van der Waals surface area contributed by atoms with E-state index in [2.05, 4.69) is 33.9 Å². The Balaban J connectivity index is 1.77. The van der Waals surface area contributed by atoms with Crippen LogP contribution in [0.4, 0.5) is 17.2 Å². The number of pyridine rings is 1. The van der Waals surface area contributed by atoms with E-state index >= 15 is 0 Å². The molecule has 2 aromatic rings. The first-order chi connectivity index (χ1) is 14.5. The van der Waals surface area contributed by atoms with Gasteiger partial charge in [0, 0.05) is 31.5 Å². The lowest BCUT2D eigenvalue weighted by Crippen LogP contribution is -2.15. The minimum atomic E-state index is -0.978. The molecule has 2 aliphatic rings. The summed E-state index contributed by atoms with van der Waals surface area (Å²) >= 11 is 0. The fraction of sp³-hybridized carbons (Fsp3) is 0.333. The van der Waals surface area contributed by atoms with E-state index in [4.69, 9.17) is 4.74 Å². The topological polar surface area (TPSA) is 74.7 Å². The number of anilines is 3. The van der Waals surface area contributed by atoms with Crippen LogP contribution in [0.3, 0.4) is 0 Å². The van der Waals surface area contributed by atoms with Gasteiger partial charge in [0.1, 0.15) is 11.4 Å². The van der Waals surface area contributed by atoms with Gasteiger partial charge in [-0.25, -0.2) is 9.78 Å². The Bertz CT molecular complexity index is 1020. The number of rotatable bonds is 7. The molecule has 1 aromatic carbocycles. The van der Waals surface area contributed by atoms with Crippen LogP contribution in [0.2, 0.25) is 0 Å². The fourth-order valence-corrected chi connectivity index (χ4v) is 3.92. The Morgan fingerprint density at radius 1 is 1.33 bits per heavy atom. The van der Waals surface area contributed by atoms with Crippen molar-refractivity contribution >= 4 is 34.8 Å². The van der Waals surface area contributed by atoms with Crippen LogP contribution in [-0.4, -0.2) is 43.4 Å². The molecule has 0 bridgehead atoms. The molecule has 0 radical (unpaired) electrons. The molecule has 0 unspecified atom stereocenters. The number of hydrogen-bond donors (Lipinski definition) is 2. The second kappa shape index (κ2) is 8.32. The minimum Gasteiger partial charge on any atom is -0.478 e. The van der Waals surface area contributed by atoms with Crippen molar-refractivity contribution in [2.75, 3.05) is 37.5 Å². The van der Waals surface area contributed by atoms with Gasteiger partial charge in [0.05, 0.1) is 18.9 Å². The Hall–Kier alpha value is -3.12. The molecule has 156 valence electrons. The lowest BCUT2D eigenvalue weighted by Gasteiger charge is -2.25. The standard InChI is InChI=1S/C24H27N3O3/c1-4-15-11-19(13-20(22(15)27(2)3)17-7-9-30-10-8-17)26-23-21(24(28)29)12-18(14-25-23)16-5-6-16/h4,7,11-14,16H,1,5-6,8-10H2,2-3H3,(H,25,26)(H,28,29). The van der Waals surface area contributed by atoms with E-state index in [1.807, 2.05) is 26.2 Å². The molecule has 0 atom stereocenters. The predicted octanol–water partition coefficient (Wildman–Crippen LogP) is 4.91. The van der Waals surface area contributed by atoms with Crippen molar-refractivity contribution in [1.29, 1.82) is 0 Å². The van der Waals surface area contributed by atoms with Gasteiger partial charge in [0.2, 0.25) is 0 Å². The summed E-state index contributed by atoms with van der Waals surface area (Å²) in [6, 6.07) is 5.79. The number of carboxylic acid groups (broad SMARTS) is 1. The van der Waals surface area contributed by atoms with Gasteiger partial charge < -0.3 is 20.1 Å². The molecule has 1 fully saturated rings. The number of nitrogens with zero attached hydrogens (tertiary/aromatic N) is 2. The number of carboxylic acids is 1. The van der Waals surface area contributed by atoms with Gasteiger partial charge >= 0.3 is 5.97 Å². The van der Waals surface area contributed by atoms with E-state index < -0.39 is 5.97 Å². The van der Waals surface area contributed by atoms with Crippen LogP contribution in [0.5, 0.6) is 0 Å². The largest absolute Gasteiger partial charge is 0.478 e. The summed E-state index contributed by atoms with van der Waals surface area (Å²) in [5.41, 5.74) is 6.34. The van der Waals surface area contributed by atoms with Crippen molar-refractivity contribution in [2.45, 2.75) is 25.2 Å². The predicted molar refractivity (Wildman–Crippen MR) is 121 cm³/mol. The first-order valence-electron chi connectivity index (χ1n) is 10.2. The van der Waals surface area contributed by atoms with Crippen LogP contribution in [0.25, 0.3) is 11.6 Å². The van der Waals surface area contributed by atoms with Crippen LogP contribution in [0.1, 0.15) is 52.2 Å². The highest BCUT2D eigenvalue weighted by Crippen LogP contribution is 2.41. The summed E-state index contributed by atoms with van der Waals surface area (Å²) in [6.45, 7) is 5.27. The lowest BCUT2D eigenvalue weighted by atomic mass is 9.95. The lowest BCUT2D eigenvalue weighted by molar-refractivity contribution is 0.0697. The van der Waals surface area contributed by atoms with E-state index in [0.717, 1.165) is 47.3 Å². The molecule has 1 aliphatic heterocycles. The average Bonchev–Trinajstić information content (AvgIpc) is 3.59. The van der Waals surface area contributed by atoms with Gasteiger partial charge in [0.15, 0.2) is 0 Å². The van der Waals surface area contributed by atoms with E-state index in [1.54, 1.807) is 12.3 Å². The highest BCUT2D eigenvalue weighted by Gasteiger charge is 2.26. The summed E-state index contributed by atoms with van der Waals surface area (Å²) < 4.78 is 5.48. The zero-order valence-electron chi connectivity index (χ0n) is 17.4. The number of aromatic nitrogens is 1. The molecule has 2 N–H and O–H groups in total. The monoisotopic (exact) mass is 405 g/mol. The normalized spacial score (nSPS) is 16.0. The maximum Gasteiger partial charge on any atom is 0.339 e. The second-order valence-electron chi connectivity index (χ2n) is 7.98. The first-order valence-corrected chi connectivity index (χ1v) is 10.2. The van der Waals surface area contributed by atoms with Gasteiger partial charge in [-0.2, -0.15) is 0 Å². The quantitative estimate of drug-likeness (QED) is 0.682. The third-order valence-corrected chi connectivity index (χ3v) is 5.57. The van der Waals surface area contributed by atoms with Gasteiger partial charge in [-0.3, -0.25) is 0 Å². The minimum absolute atomic E-state index is 0.197. The maximum absolute atomic E-state index is 11.9. The number of hydrogen-bond acceptors (Lipinski definition) is 5. The van der Waals surface area contributed by atoms with Crippen LogP contribution in [0.15, 0.2) is 37.1 Å². The Kier molecular flexibility index (Phi) is 5.59. The Morgan fingerprint density at radius 3 is 2.73 bits per heavy atom.